The molecule has 0 bridgehead atoms. The van der Waals surface area contributed by atoms with E-state index in [4.69, 9.17) is 10.8 Å². The van der Waals surface area contributed by atoms with Crippen molar-refractivity contribution >= 4 is 35.2 Å². The maximum Gasteiger partial charge on any atom is 0.253 e. The molecular formula is C28H36F3N5O4S. The highest BCUT2D eigenvalue weighted by molar-refractivity contribution is 8.00. The molecule has 2 aromatic carbocycles. The molecule has 6 N–H and O–H groups in total. The fourth-order valence-corrected chi connectivity index (χ4v) is 5.52. The zero-order chi connectivity index (χ0) is 30.1. The second-order valence-electron chi connectivity index (χ2n) is 10.1. The van der Waals surface area contributed by atoms with Crippen molar-refractivity contribution in [3.05, 3.63) is 65.0 Å². The zero-order valence-corrected chi connectivity index (χ0v) is 23.8. The minimum atomic E-state index is -1.30. The minimum Gasteiger partial charge on any atom is -0.395 e. The van der Waals surface area contributed by atoms with Gasteiger partial charge in [0.2, 0.25) is 11.8 Å². The summed E-state index contributed by atoms with van der Waals surface area (Å²) in [5.74, 6) is -3.81. The van der Waals surface area contributed by atoms with Gasteiger partial charge in [0, 0.05) is 49.6 Å². The Kier molecular flexibility index (Phi) is 11.9. The van der Waals surface area contributed by atoms with Crippen LogP contribution in [-0.4, -0.2) is 70.6 Å². The van der Waals surface area contributed by atoms with E-state index >= 15 is 0 Å². The number of rotatable bonds is 13. The van der Waals surface area contributed by atoms with Gasteiger partial charge in [0.15, 0.2) is 17.0 Å². The van der Waals surface area contributed by atoms with Crippen molar-refractivity contribution in [2.75, 3.05) is 30.8 Å². The maximum absolute atomic E-state index is 14.0. The van der Waals surface area contributed by atoms with Crippen LogP contribution < -0.4 is 21.7 Å². The molecule has 13 heteroatoms. The Morgan fingerprint density at radius 3 is 2.41 bits per heavy atom. The lowest BCUT2D eigenvalue weighted by Gasteiger charge is -2.24. The van der Waals surface area contributed by atoms with Gasteiger partial charge >= 0.3 is 0 Å². The summed E-state index contributed by atoms with van der Waals surface area (Å²) in [5, 5.41) is 16.9. The number of thioether (sulfide) groups is 1. The van der Waals surface area contributed by atoms with E-state index in [1.54, 1.807) is 12.1 Å². The first kappa shape index (κ1) is 32.2. The zero-order valence-electron chi connectivity index (χ0n) is 23.0. The predicted molar refractivity (Wildman–Crippen MR) is 151 cm³/mol. The molecular weight excluding hydrogens is 559 g/mol. The Bertz CT molecular complexity index is 1220. The van der Waals surface area contributed by atoms with Crippen LogP contribution in [0, 0.1) is 23.4 Å². The molecule has 0 saturated carbocycles. The number of hydrogen-bond donors (Lipinski definition) is 5. The SMILES string of the molecule is CC(C)C(Nc1ccc(CNC(=O)C2SCCN2C(=O)CC(N)Cc2cc(F)c(F)cc2F)cc1)C(=O)NCCO. The molecule has 3 rings (SSSR count). The molecule has 0 radical (unpaired) electrons. The number of nitrogens with zero attached hydrogens (tertiary/aromatic N) is 1. The smallest absolute Gasteiger partial charge is 0.253 e. The van der Waals surface area contributed by atoms with Crippen molar-refractivity contribution in [1.82, 2.24) is 15.5 Å². The third-order valence-corrected chi connectivity index (χ3v) is 7.75. The quantitative estimate of drug-likeness (QED) is 0.224. The second-order valence-corrected chi connectivity index (χ2v) is 11.3. The molecule has 3 unspecified atom stereocenters. The fraction of sp³-hybridized carbons (Fsp3) is 0.464. The van der Waals surface area contributed by atoms with Crippen LogP contribution >= 0.6 is 11.8 Å². The number of nitrogens with two attached hydrogens (primary N) is 1. The fourth-order valence-electron chi connectivity index (χ4n) is 4.36. The van der Waals surface area contributed by atoms with Crippen LogP contribution in [0.25, 0.3) is 0 Å². The van der Waals surface area contributed by atoms with Gasteiger partial charge in [0.25, 0.3) is 5.91 Å². The number of carbonyl (C=O) groups excluding carboxylic acids is 3. The van der Waals surface area contributed by atoms with Crippen molar-refractivity contribution in [2.24, 2.45) is 11.7 Å². The summed E-state index contributed by atoms with van der Waals surface area (Å²) in [4.78, 5) is 39.6. The highest BCUT2D eigenvalue weighted by atomic mass is 32.2. The Labute approximate surface area is 241 Å². The summed E-state index contributed by atoms with van der Waals surface area (Å²) in [6.07, 6.45) is -0.352. The van der Waals surface area contributed by atoms with Gasteiger partial charge in [-0.25, -0.2) is 13.2 Å². The summed E-state index contributed by atoms with van der Waals surface area (Å²) < 4.78 is 40.6. The van der Waals surface area contributed by atoms with E-state index in [9.17, 15) is 27.6 Å². The molecule has 3 atom stereocenters. The van der Waals surface area contributed by atoms with E-state index in [0.717, 1.165) is 17.3 Å². The van der Waals surface area contributed by atoms with Gasteiger partial charge in [-0.05, 0) is 41.7 Å². The van der Waals surface area contributed by atoms with E-state index in [1.807, 2.05) is 26.0 Å². The molecule has 9 nitrogen and oxygen atoms in total. The van der Waals surface area contributed by atoms with E-state index in [2.05, 4.69) is 16.0 Å². The number of nitrogens with one attached hydrogen (secondary N) is 3. The molecule has 1 aliphatic heterocycles. The van der Waals surface area contributed by atoms with Crippen molar-refractivity contribution in [3.63, 3.8) is 0 Å². The standard InChI is InChI=1S/C28H36F3N5O4S/c1-16(2)25(26(39)33-7-9-37)35-20-5-3-17(4-6-20)15-34-27(40)28-36(8-10-41-28)24(38)13-19(32)11-18-12-22(30)23(31)14-21(18)29/h3-6,12,14,16,19,25,28,35,37H,7-11,13,15,32H2,1-2H3,(H,33,39)(H,34,40). The maximum atomic E-state index is 14.0. The van der Waals surface area contributed by atoms with Gasteiger partial charge in [-0.1, -0.05) is 26.0 Å². The molecule has 0 aromatic heterocycles. The van der Waals surface area contributed by atoms with Crippen molar-refractivity contribution in [1.29, 1.82) is 0 Å². The largest absolute Gasteiger partial charge is 0.395 e. The summed E-state index contributed by atoms with van der Waals surface area (Å²) in [7, 11) is 0. The Balaban J connectivity index is 1.51. The average Bonchev–Trinajstić information content (AvgIpc) is 3.43. The molecule has 1 fully saturated rings. The molecule has 224 valence electrons. The van der Waals surface area contributed by atoms with Crippen molar-refractivity contribution < 1.29 is 32.7 Å². The second kappa shape index (κ2) is 15.1. The van der Waals surface area contributed by atoms with Crippen LogP contribution in [0.4, 0.5) is 18.9 Å². The van der Waals surface area contributed by atoms with Gasteiger partial charge < -0.3 is 31.7 Å². The molecule has 0 spiro atoms. The van der Waals surface area contributed by atoms with Crippen LogP contribution in [0.2, 0.25) is 0 Å². The molecule has 2 aromatic rings. The lowest BCUT2D eigenvalue weighted by molar-refractivity contribution is -0.136. The van der Waals surface area contributed by atoms with Gasteiger partial charge in [-0.3, -0.25) is 14.4 Å². The number of anilines is 1. The molecule has 3 amide bonds. The summed E-state index contributed by atoms with van der Waals surface area (Å²) >= 11 is 1.32. The molecule has 1 aliphatic rings. The predicted octanol–water partition coefficient (Wildman–Crippen LogP) is 2.13. The molecule has 1 saturated heterocycles. The van der Waals surface area contributed by atoms with E-state index in [1.165, 1.54) is 16.7 Å². The first-order valence-electron chi connectivity index (χ1n) is 13.3. The topological polar surface area (TPSA) is 137 Å². The van der Waals surface area contributed by atoms with Crippen LogP contribution in [-0.2, 0) is 27.3 Å². The highest BCUT2D eigenvalue weighted by Gasteiger charge is 2.35. The van der Waals surface area contributed by atoms with Gasteiger partial charge in [-0.2, -0.15) is 0 Å². The first-order valence-corrected chi connectivity index (χ1v) is 14.4. The van der Waals surface area contributed by atoms with Gasteiger partial charge in [0.05, 0.1) is 6.61 Å². The summed E-state index contributed by atoms with van der Waals surface area (Å²) in [5.41, 5.74) is 7.42. The van der Waals surface area contributed by atoms with Crippen LogP contribution in [0.15, 0.2) is 36.4 Å². The van der Waals surface area contributed by atoms with Gasteiger partial charge in [0.1, 0.15) is 11.9 Å². The minimum absolute atomic E-state index is 0.00357. The number of hydrogen-bond acceptors (Lipinski definition) is 7. The molecule has 0 aliphatic carbocycles. The van der Waals surface area contributed by atoms with Crippen molar-refractivity contribution in [3.8, 4) is 0 Å². The number of aliphatic hydroxyl groups excluding tert-OH is 1. The number of benzene rings is 2. The van der Waals surface area contributed by atoms with Gasteiger partial charge in [-0.15, -0.1) is 11.8 Å². The Morgan fingerprint density at radius 1 is 1.07 bits per heavy atom. The lowest BCUT2D eigenvalue weighted by Crippen LogP contribution is -2.46. The average molecular weight is 596 g/mol. The van der Waals surface area contributed by atoms with Crippen molar-refractivity contribution in [2.45, 2.75) is 50.7 Å². The third-order valence-electron chi connectivity index (χ3n) is 6.55. The van der Waals surface area contributed by atoms with E-state index in [-0.39, 0.29) is 61.7 Å². The molecule has 1 heterocycles. The van der Waals surface area contributed by atoms with Crippen LogP contribution in [0.1, 0.15) is 31.4 Å². The number of aliphatic hydroxyl groups is 1. The van der Waals surface area contributed by atoms with Crippen LogP contribution in [0.3, 0.4) is 0 Å². The lowest BCUT2D eigenvalue weighted by atomic mass is 10.0. The summed E-state index contributed by atoms with van der Waals surface area (Å²) in [6, 6.07) is 7.07. The summed E-state index contributed by atoms with van der Waals surface area (Å²) in [6.45, 7) is 4.42. The monoisotopic (exact) mass is 595 g/mol. The highest BCUT2D eigenvalue weighted by Crippen LogP contribution is 2.25. The number of amides is 3. The third kappa shape index (κ3) is 9.10. The van der Waals surface area contributed by atoms with E-state index < -0.39 is 34.9 Å². The Hall–Kier alpha value is -3.29. The molecule has 41 heavy (non-hydrogen) atoms. The first-order chi connectivity index (χ1) is 19.5. The van der Waals surface area contributed by atoms with Crippen LogP contribution in [0.5, 0.6) is 0 Å². The van der Waals surface area contributed by atoms with E-state index in [0.29, 0.717) is 18.4 Å². The normalized spacial score (nSPS) is 16.4. The number of carbonyl (C=O) groups is 3. The number of halogens is 3. The Morgan fingerprint density at radius 2 is 1.76 bits per heavy atom.